The average molecular weight is 405 g/mol. The second-order valence-electron chi connectivity index (χ2n) is 6.44. The fourth-order valence-electron chi connectivity index (χ4n) is 3.00. The van der Waals surface area contributed by atoms with Gasteiger partial charge in [-0.2, -0.15) is 13.2 Å². The molecular weight excluding hydrogens is 391 g/mol. The molecule has 29 heavy (non-hydrogen) atoms. The van der Waals surface area contributed by atoms with Crippen molar-refractivity contribution in [3.63, 3.8) is 0 Å². The topological polar surface area (TPSA) is 79.4 Å². The van der Waals surface area contributed by atoms with Crippen molar-refractivity contribution in [2.75, 3.05) is 6.61 Å². The Hall–Kier alpha value is -3.56. The van der Waals surface area contributed by atoms with Crippen LogP contribution >= 0.6 is 0 Å². The van der Waals surface area contributed by atoms with E-state index < -0.39 is 16.7 Å². The molecule has 1 aliphatic rings. The summed E-state index contributed by atoms with van der Waals surface area (Å²) in [6.45, 7) is 0.533. The van der Waals surface area contributed by atoms with Crippen molar-refractivity contribution < 1.29 is 27.6 Å². The molecule has 0 radical (unpaired) electrons. The molecule has 0 unspecified atom stereocenters. The zero-order valence-electron chi connectivity index (χ0n) is 14.8. The second kappa shape index (κ2) is 7.12. The minimum Gasteiger partial charge on any atom is -0.485 e. The highest BCUT2D eigenvalue weighted by Gasteiger charge is 2.30. The van der Waals surface area contributed by atoms with E-state index in [0.717, 1.165) is 17.7 Å². The molecule has 0 bridgehead atoms. The van der Waals surface area contributed by atoms with Gasteiger partial charge in [-0.05, 0) is 40.3 Å². The summed E-state index contributed by atoms with van der Waals surface area (Å²) in [6.07, 6.45) is -3.44. The largest absolute Gasteiger partial charge is 0.485 e. The monoisotopic (exact) mass is 405 g/mol. The Morgan fingerprint density at radius 2 is 1.72 bits per heavy atom. The smallest absolute Gasteiger partial charge is 0.416 e. The Balaban J connectivity index is 1.43. The summed E-state index contributed by atoms with van der Waals surface area (Å²) in [6, 6.07) is 12.0. The Labute approximate surface area is 162 Å². The lowest BCUT2D eigenvalue weighted by atomic mass is 10.0. The van der Waals surface area contributed by atoms with Crippen molar-refractivity contribution in [1.82, 2.24) is 9.55 Å². The Morgan fingerprint density at radius 3 is 2.31 bits per heavy atom. The van der Waals surface area contributed by atoms with Gasteiger partial charge in [0.2, 0.25) is 0 Å². The van der Waals surface area contributed by atoms with Crippen LogP contribution in [-0.4, -0.2) is 27.2 Å². The maximum atomic E-state index is 12.7. The standard InChI is InChI=1S/C19H14F3N3O4/c20-19(21,22)14-5-1-12(2-6-14)13-3-7-15(8-4-13)29-16-9-24-10-17(25(26)27)23-18(24)28-11-16/h1-8,10,16H,9,11H2/t16-/m0/s1. The van der Waals surface area contributed by atoms with Crippen molar-refractivity contribution in [2.45, 2.75) is 18.8 Å². The molecule has 0 spiro atoms. The number of fused-ring (bicyclic) bond motifs is 1. The number of aromatic nitrogens is 2. The molecular formula is C19H14F3N3O4. The van der Waals surface area contributed by atoms with Crippen LogP contribution in [0.15, 0.2) is 54.7 Å². The van der Waals surface area contributed by atoms with Gasteiger partial charge < -0.3 is 19.6 Å². The van der Waals surface area contributed by atoms with Gasteiger partial charge in [0.15, 0.2) is 6.10 Å². The summed E-state index contributed by atoms with van der Waals surface area (Å²) in [7, 11) is 0. The number of rotatable bonds is 4. The van der Waals surface area contributed by atoms with Gasteiger partial charge in [-0.25, -0.2) is 0 Å². The molecule has 3 aromatic rings. The van der Waals surface area contributed by atoms with Crippen LogP contribution in [0.4, 0.5) is 19.0 Å². The van der Waals surface area contributed by atoms with Gasteiger partial charge in [0.05, 0.1) is 12.1 Å². The van der Waals surface area contributed by atoms with Crippen LogP contribution in [0.2, 0.25) is 0 Å². The van der Waals surface area contributed by atoms with E-state index in [2.05, 4.69) is 4.98 Å². The molecule has 1 aliphatic heterocycles. The first kappa shape index (κ1) is 18.8. The van der Waals surface area contributed by atoms with Crippen molar-refractivity contribution in [3.8, 4) is 22.9 Å². The van der Waals surface area contributed by atoms with Crippen LogP contribution in [-0.2, 0) is 12.7 Å². The van der Waals surface area contributed by atoms with Crippen LogP contribution < -0.4 is 9.47 Å². The van der Waals surface area contributed by atoms with Crippen molar-refractivity contribution >= 4 is 5.82 Å². The maximum Gasteiger partial charge on any atom is 0.416 e. The van der Waals surface area contributed by atoms with Gasteiger partial charge in [-0.1, -0.05) is 24.3 Å². The van der Waals surface area contributed by atoms with Gasteiger partial charge in [0, 0.05) is 4.98 Å². The van der Waals surface area contributed by atoms with E-state index in [4.69, 9.17) is 9.47 Å². The average Bonchev–Trinajstić information content (AvgIpc) is 3.12. The number of benzene rings is 2. The van der Waals surface area contributed by atoms with Crippen LogP contribution in [0, 0.1) is 10.1 Å². The molecule has 10 heteroatoms. The second-order valence-corrected chi connectivity index (χ2v) is 6.44. The molecule has 1 atom stereocenters. The minimum atomic E-state index is -4.37. The van der Waals surface area contributed by atoms with E-state index in [-0.39, 0.29) is 24.5 Å². The number of alkyl halides is 3. The van der Waals surface area contributed by atoms with Gasteiger partial charge in [-0.15, -0.1) is 0 Å². The van der Waals surface area contributed by atoms with E-state index in [1.54, 1.807) is 24.3 Å². The molecule has 0 N–H and O–H groups in total. The molecule has 0 amide bonds. The molecule has 4 rings (SSSR count). The highest BCUT2D eigenvalue weighted by Crippen LogP contribution is 2.31. The maximum absolute atomic E-state index is 12.7. The number of nitro groups is 1. The van der Waals surface area contributed by atoms with Crippen LogP contribution in [0.3, 0.4) is 0 Å². The Bertz CT molecular complexity index is 1030. The third-order valence-corrected chi connectivity index (χ3v) is 4.42. The normalized spacial score (nSPS) is 16.0. The number of nitrogens with zero attached hydrogens (tertiary/aromatic N) is 3. The first-order valence-electron chi connectivity index (χ1n) is 8.58. The lowest BCUT2D eigenvalue weighted by Crippen LogP contribution is -2.34. The molecule has 1 aromatic heterocycles. The van der Waals surface area contributed by atoms with Gasteiger partial charge in [0.1, 0.15) is 18.6 Å². The predicted octanol–water partition coefficient (Wildman–Crippen LogP) is 4.32. The molecule has 2 heterocycles. The van der Waals surface area contributed by atoms with E-state index >= 15 is 0 Å². The SMILES string of the molecule is O=[N+]([O-])c1cn2c(n1)OC[C@@H](Oc1ccc(-c3ccc(C(F)(F)F)cc3)cc1)C2. The highest BCUT2D eigenvalue weighted by atomic mass is 19.4. The number of imidazole rings is 1. The van der Waals surface area contributed by atoms with Gasteiger partial charge in [0.25, 0.3) is 0 Å². The van der Waals surface area contributed by atoms with E-state index in [1.165, 1.54) is 22.9 Å². The first-order chi connectivity index (χ1) is 13.8. The summed E-state index contributed by atoms with van der Waals surface area (Å²) in [5, 5.41) is 10.8. The molecule has 150 valence electrons. The highest BCUT2D eigenvalue weighted by molar-refractivity contribution is 5.64. The molecule has 0 aliphatic carbocycles. The van der Waals surface area contributed by atoms with E-state index in [9.17, 15) is 23.3 Å². The van der Waals surface area contributed by atoms with Crippen molar-refractivity contribution in [3.05, 3.63) is 70.4 Å². The number of hydrogen-bond donors (Lipinski definition) is 0. The third-order valence-electron chi connectivity index (χ3n) is 4.42. The summed E-state index contributed by atoms with van der Waals surface area (Å²) in [5.41, 5.74) is 0.706. The van der Waals surface area contributed by atoms with E-state index in [0.29, 0.717) is 17.9 Å². The quantitative estimate of drug-likeness (QED) is 0.477. The molecule has 0 fully saturated rings. The van der Waals surface area contributed by atoms with Crippen molar-refractivity contribution in [1.29, 1.82) is 0 Å². The minimum absolute atomic E-state index is 0.175. The summed E-state index contributed by atoms with van der Waals surface area (Å²) >= 11 is 0. The lowest BCUT2D eigenvalue weighted by molar-refractivity contribution is -0.389. The zero-order valence-corrected chi connectivity index (χ0v) is 14.8. The first-order valence-corrected chi connectivity index (χ1v) is 8.58. The molecule has 2 aromatic carbocycles. The fraction of sp³-hybridized carbons (Fsp3) is 0.211. The summed E-state index contributed by atoms with van der Waals surface area (Å²) < 4.78 is 50.8. The Kier molecular flexibility index (Phi) is 4.61. The zero-order chi connectivity index (χ0) is 20.6. The van der Waals surface area contributed by atoms with Crippen molar-refractivity contribution in [2.24, 2.45) is 0 Å². The number of ether oxygens (including phenoxy) is 2. The van der Waals surface area contributed by atoms with E-state index in [1.807, 2.05) is 0 Å². The predicted molar refractivity (Wildman–Crippen MR) is 95.7 cm³/mol. The third kappa shape index (κ3) is 4.00. The summed E-state index contributed by atoms with van der Waals surface area (Å²) in [4.78, 5) is 14.0. The number of halogens is 3. The van der Waals surface area contributed by atoms with Gasteiger partial charge in [-0.3, -0.25) is 4.57 Å². The summed E-state index contributed by atoms with van der Waals surface area (Å²) in [5.74, 6) is 0.258. The van der Waals surface area contributed by atoms with Gasteiger partial charge >= 0.3 is 18.0 Å². The fourth-order valence-corrected chi connectivity index (χ4v) is 3.00. The van der Waals surface area contributed by atoms with Crippen LogP contribution in [0.25, 0.3) is 11.1 Å². The van der Waals surface area contributed by atoms with Crippen LogP contribution in [0.5, 0.6) is 11.8 Å². The lowest BCUT2D eigenvalue weighted by Gasteiger charge is -2.23. The number of hydrogen-bond acceptors (Lipinski definition) is 5. The molecule has 7 nitrogen and oxygen atoms in total. The van der Waals surface area contributed by atoms with Crippen LogP contribution in [0.1, 0.15) is 5.56 Å². The Morgan fingerprint density at radius 1 is 1.10 bits per heavy atom. The molecule has 0 saturated heterocycles. The molecule has 0 saturated carbocycles.